The third kappa shape index (κ3) is 3.36. The molecule has 0 atom stereocenters. The maximum Gasteiger partial charge on any atom is 0.336 e. The van der Waals surface area contributed by atoms with Crippen molar-refractivity contribution >= 4 is 16.9 Å². The minimum absolute atomic E-state index is 0.224. The molecule has 1 aromatic heterocycles. The van der Waals surface area contributed by atoms with Crippen LogP contribution in [0.25, 0.3) is 22.2 Å². The van der Waals surface area contributed by atoms with Crippen LogP contribution in [-0.4, -0.2) is 36.4 Å². The number of carbonyl (C=O) groups is 1. The van der Waals surface area contributed by atoms with E-state index in [0.29, 0.717) is 35.6 Å². The summed E-state index contributed by atoms with van der Waals surface area (Å²) in [5, 5.41) is 10.1. The van der Waals surface area contributed by atoms with Crippen LogP contribution in [0.1, 0.15) is 10.4 Å². The highest BCUT2D eigenvalue weighted by Crippen LogP contribution is 2.27. The Morgan fingerprint density at radius 3 is 2.58 bits per heavy atom. The molecule has 5 heteroatoms. The molecule has 0 aliphatic heterocycles. The van der Waals surface area contributed by atoms with Gasteiger partial charge in [-0.25, -0.2) is 9.78 Å². The molecule has 0 radical (unpaired) electrons. The fourth-order valence-corrected chi connectivity index (χ4v) is 2.47. The molecule has 24 heavy (non-hydrogen) atoms. The summed E-state index contributed by atoms with van der Waals surface area (Å²) in [7, 11) is 1.61. The lowest BCUT2D eigenvalue weighted by molar-refractivity contribution is 0.0699. The Kier molecular flexibility index (Phi) is 4.72. The van der Waals surface area contributed by atoms with Gasteiger partial charge in [0.1, 0.15) is 12.4 Å². The molecule has 0 unspecified atom stereocenters. The Labute approximate surface area is 139 Å². The molecule has 0 fully saturated rings. The number of carboxylic acids is 1. The zero-order valence-electron chi connectivity index (χ0n) is 13.2. The van der Waals surface area contributed by atoms with Crippen molar-refractivity contribution in [2.45, 2.75) is 0 Å². The first-order valence-electron chi connectivity index (χ1n) is 7.54. The van der Waals surface area contributed by atoms with Crippen LogP contribution in [-0.2, 0) is 4.74 Å². The highest BCUT2D eigenvalue weighted by atomic mass is 16.5. The molecule has 0 aliphatic carbocycles. The predicted octanol–water partition coefficient (Wildman–Crippen LogP) is 3.63. The largest absolute Gasteiger partial charge is 0.491 e. The van der Waals surface area contributed by atoms with E-state index in [9.17, 15) is 9.90 Å². The Morgan fingerprint density at radius 2 is 1.88 bits per heavy atom. The van der Waals surface area contributed by atoms with Gasteiger partial charge in [0.05, 0.1) is 23.4 Å². The van der Waals surface area contributed by atoms with Crippen molar-refractivity contribution in [2.24, 2.45) is 0 Å². The molecule has 0 saturated carbocycles. The SMILES string of the molecule is COCCOc1ccc2c(C(=O)O)cc(-c3ccccc3)nc2c1. The van der Waals surface area contributed by atoms with Crippen molar-refractivity contribution in [3.63, 3.8) is 0 Å². The standard InChI is InChI=1S/C19H17NO4/c1-23-9-10-24-14-7-8-15-16(19(21)22)12-17(20-18(15)11-14)13-5-3-2-4-6-13/h2-8,11-12H,9-10H2,1H3,(H,21,22). The average Bonchev–Trinajstić information content (AvgIpc) is 2.61. The second-order valence-electron chi connectivity index (χ2n) is 5.25. The van der Waals surface area contributed by atoms with E-state index in [4.69, 9.17) is 9.47 Å². The Balaban J connectivity index is 2.09. The maximum atomic E-state index is 11.6. The van der Waals surface area contributed by atoms with Gasteiger partial charge < -0.3 is 14.6 Å². The number of hydrogen-bond donors (Lipinski definition) is 1. The zero-order valence-corrected chi connectivity index (χ0v) is 13.2. The molecule has 5 nitrogen and oxygen atoms in total. The summed E-state index contributed by atoms with van der Waals surface area (Å²) in [6, 6.07) is 16.3. The fraction of sp³-hybridized carbons (Fsp3) is 0.158. The van der Waals surface area contributed by atoms with Crippen molar-refractivity contribution in [3.05, 3.63) is 60.2 Å². The molecule has 0 saturated heterocycles. The molecule has 3 aromatic rings. The van der Waals surface area contributed by atoms with Crippen molar-refractivity contribution in [3.8, 4) is 17.0 Å². The first kappa shape index (κ1) is 16.0. The molecule has 1 N–H and O–H groups in total. The number of benzene rings is 2. The van der Waals surface area contributed by atoms with Crippen molar-refractivity contribution in [2.75, 3.05) is 20.3 Å². The molecule has 0 aliphatic rings. The number of nitrogens with zero attached hydrogens (tertiary/aromatic N) is 1. The van der Waals surface area contributed by atoms with Crippen LogP contribution in [0.15, 0.2) is 54.6 Å². The number of fused-ring (bicyclic) bond motifs is 1. The van der Waals surface area contributed by atoms with E-state index in [1.807, 2.05) is 30.3 Å². The summed E-state index contributed by atoms with van der Waals surface area (Å²) >= 11 is 0. The normalized spacial score (nSPS) is 10.7. The smallest absolute Gasteiger partial charge is 0.336 e. The molecule has 0 bridgehead atoms. The van der Waals surface area contributed by atoms with Gasteiger partial charge >= 0.3 is 5.97 Å². The van der Waals surface area contributed by atoms with Crippen LogP contribution in [0.3, 0.4) is 0 Å². The number of methoxy groups -OCH3 is 1. The number of aromatic nitrogens is 1. The molecule has 0 amide bonds. The van der Waals surface area contributed by atoms with Crippen LogP contribution in [0, 0.1) is 0 Å². The lowest BCUT2D eigenvalue weighted by Crippen LogP contribution is -2.05. The number of pyridine rings is 1. The second kappa shape index (κ2) is 7.10. The fourth-order valence-electron chi connectivity index (χ4n) is 2.47. The molecule has 1 heterocycles. The molecule has 2 aromatic carbocycles. The summed E-state index contributed by atoms with van der Waals surface area (Å²) in [5.74, 6) is -0.346. The zero-order chi connectivity index (χ0) is 16.9. The molecule has 0 spiro atoms. The number of aromatic carboxylic acids is 1. The topological polar surface area (TPSA) is 68.7 Å². The number of hydrogen-bond acceptors (Lipinski definition) is 4. The second-order valence-corrected chi connectivity index (χ2v) is 5.25. The molecule has 122 valence electrons. The highest BCUT2D eigenvalue weighted by molar-refractivity contribution is 6.04. The third-order valence-corrected chi connectivity index (χ3v) is 3.64. The first-order chi connectivity index (χ1) is 11.7. The lowest BCUT2D eigenvalue weighted by Gasteiger charge is -2.10. The monoisotopic (exact) mass is 323 g/mol. The van der Waals surface area contributed by atoms with E-state index in [1.54, 1.807) is 31.4 Å². The van der Waals surface area contributed by atoms with E-state index >= 15 is 0 Å². The van der Waals surface area contributed by atoms with Crippen LogP contribution in [0.5, 0.6) is 5.75 Å². The summed E-state index contributed by atoms with van der Waals surface area (Å²) in [5.41, 5.74) is 2.30. The highest BCUT2D eigenvalue weighted by Gasteiger charge is 2.13. The van der Waals surface area contributed by atoms with Gasteiger partial charge in [0.2, 0.25) is 0 Å². The number of ether oxygens (including phenoxy) is 2. The van der Waals surface area contributed by atoms with Gasteiger partial charge in [0.25, 0.3) is 0 Å². The predicted molar refractivity (Wildman–Crippen MR) is 91.5 cm³/mol. The van der Waals surface area contributed by atoms with Gasteiger partial charge in [0.15, 0.2) is 0 Å². The van der Waals surface area contributed by atoms with E-state index < -0.39 is 5.97 Å². The quantitative estimate of drug-likeness (QED) is 0.702. The van der Waals surface area contributed by atoms with Gasteiger partial charge in [-0.1, -0.05) is 30.3 Å². The van der Waals surface area contributed by atoms with Gasteiger partial charge in [-0.3, -0.25) is 0 Å². The minimum Gasteiger partial charge on any atom is -0.491 e. The molecule has 3 rings (SSSR count). The average molecular weight is 323 g/mol. The summed E-state index contributed by atoms with van der Waals surface area (Å²) in [4.78, 5) is 16.2. The Bertz CT molecular complexity index is 862. The summed E-state index contributed by atoms with van der Waals surface area (Å²) < 4.78 is 10.5. The van der Waals surface area contributed by atoms with Crippen molar-refractivity contribution < 1.29 is 19.4 Å². The van der Waals surface area contributed by atoms with E-state index in [2.05, 4.69) is 4.98 Å². The van der Waals surface area contributed by atoms with Crippen LogP contribution >= 0.6 is 0 Å². The van der Waals surface area contributed by atoms with Crippen LogP contribution in [0.4, 0.5) is 0 Å². The van der Waals surface area contributed by atoms with Crippen LogP contribution in [0.2, 0.25) is 0 Å². The summed E-state index contributed by atoms with van der Waals surface area (Å²) in [6.07, 6.45) is 0. The van der Waals surface area contributed by atoms with Gasteiger partial charge in [-0.15, -0.1) is 0 Å². The van der Waals surface area contributed by atoms with Gasteiger partial charge in [-0.2, -0.15) is 0 Å². The molecular weight excluding hydrogens is 306 g/mol. The van der Waals surface area contributed by atoms with E-state index in [-0.39, 0.29) is 5.56 Å². The maximum absolute atomic E-state index is 11.6. The number of carboxylic acid groups (broad SMARTS) is 1. The van der Waals surface area contributed by atoms with E-state index in [0.717, 1.165) is 5.56 Å². The minimum atomic E-state index is -0.979. The summed E-state index contributed by atoms with van der Waals surface area (Å²) in [6.45, 7) is 0.905. The Morgan fingerprint density at radius 1 is 1.08 bits per heavy atom. The van der Waals surface area contributed by atoms with E-state index in [1.165, 1.54) is 0 Å². The van der Waals surface area contributed by atoms with Gasteiger partial charge in [0, 0.05) is 24.1 Å². The lowest BCUT2D eigenvalue weighted by atomic mass is 10.0. The third-order valence-electron chi connectivity index (χ3n) is 3.64. The molecular formula is C19H17NO4. The van der Waals surface area contributed by atoms with Crippen molar-refractivity contribution in [1.82, 2.24) is 4.98 Å². The Hall–Kier alpha value is -2.92. The first-order valence-corrected chi connectivity index (χ1v) is 7.54. The van der Waals surface area contributed by atoms with Crippen molar-refractivity contribution in [1.29, 1.82) is 0 Å². The van der Waals surface area contributed by atoms with Crippen LogP contribution < -0.4 is 4.74 Å². The van der Waals surface area contributed by atoms with Gasteiger partial charge in [-0.05, 0) is 18.2 Å². The number of rotatable bonds is 6.